The van der Waals surface area contributed by atoms with Crippen molar-refractivity contribution in [3.8, 4) is 11.8 Å². The minimum absolute atomic E-state index is 0.138. The molecule has 0 bridgehead atoms. The fraction of sp³-hybridized carbons (Fsp3) is 0.429. The number of hydrogen-bond acceptors (Lipinski definition) is 3. The lowest BCUT2D eigenvalue weighted by atomic mass is 10.0. The van der Waals surface area contributed by atoms with Crippen molar-refractivity contribution in [1.82, 2.24) is 9.88 Å². The van der Waals surface area contributed by atoms with Gasteiger partial charge in [-0.05, 0) is 68.4 Å². The van der Waals surface area contributed by atoms with Gasteiger partial charge < -0.3 is 19.9 Å². The van der Waals surface area contributed by atoms with Crippen molar-refractivity contribution in [3.05, 3.63) is 59.3 Å². The molecule has 34 heavy (non-hydrogen) atoms. The molecular weight excluding hydrogens is 424 g/mol. The lowest BCUT2D eigenvalue weighted by molar-refractivity contribution is 0.248. The van der Waals surface area contributed by atoms with Crippen molar-refractivity contribution in [3.63, 3.8) is 0 Å². The Morgan fingerprint density at radius 3 is 2.56 bits per heavy atom. The van der Waals surface area contributed by atoms with Gasteiger partial charge in [0.1, 0.15) is 11.8 Å². The third-order valence-corrected chi connectivity index (χ3v) is 6.98. The molecule has 176 valence electrons. The number of carbonyl (C=O) groups is 1. The summed E-state index contributed by atoms with van der Waals surface area (Å²) < 4.78 is 8.07. The highest BCUT2D eigenvalue weighted by Crippen LogP contribution is 2.36. The van der Waals surface area contributed by atoms with Crippen LogP contribution in [-0.2, 0) is 13.0 Å². The van der Waals surface area contributed by atoms with Crippen molar-refractivity contribution in [1.29, 1.82) is 5.26 Å². The van der Waals surface area contributed by atoms with Crippen LogP contribution in [0, 0.1) is 17.2 Å². The molecule has 2 aliphatic rings. The summed E-state index contributed by atoms with van der Waals surface area (Å²) in [6.45, 7) is 3.53. The van der Waals surface area contributed by atoms with E-state index in [1.807, 2.05) is 43.3 Å². The Kier molecular flexibility index (Phi) is 6.44. The maximum atomic E-state index is 12.3. The van der Waals surface area contributed by atoms with Crippen LogP contribution in [0.3, 0.4) is 0 Å². The highest BCUT2D eigenvalue weighted by atomic mass is 16.5. The normalized spacial score (nSPS) is 15.9. The number of aromatic nitrogens is 1. The van der Waals surface area contributed by atoms with Crippen LogP contribution in [0.25, 0.3) is 10.9 Å². The number of nitriles is 1. The number of benzene rings is 2. The van der Waals surface area contributed by atoms with Gasteiger partial charge in [-0.3, -0.25) is 0 Å². The van der Waals surface area contributed by atoms with Crippen LogP contribution in [-0.4, -0.2) is 23.2 Å². The number of nitrogens with zero attached hydrogens (tertiary/aromatic N) is 2. The van der Waals surface area contributed by atoms with Gasteiger partial charge in [0.2, 0.25) is 0 Å². The van der Waals surface area contributed by atoms with E-state index in [4.69, 9.17) is 4.74 Å². The first kappa shape index (κ1) is 22.3. The quantitative estimate of drug-likeness (QED) is 0.438. The maximum Gasteiger partial charge on any atom is 0.319 e. The minimum Gasteiger partial charge on any atom is -0.494 e. The number of nitrogens with one attached hydrogen (secondary N) is 2. The Balaban J connectivity index is 1.38. The number of rotatable bonds is 8. The van der Waals surface area contributed by atoms with Gasteiger partial charge >= 0.3 is 6.03 Å². The molecular formula is C28H32N4O2. The standard InChI is InChI=1S/C28H32N4O2/c1-2-34-23-13-14-24-25(17-29)26(32(27(24)16-23)18-20-7-8-20)15-19-9-11-22(12-10-19)31-28(33)30-21-5-3-4-6-21/h9-14,16,20-21H,2-8,15,18H2,1H3,(H2,30,31,33). The number of anilines is 1. The number of hydrogen-bond donors (Lipinski definition) is 2. The lowest BCUT2D eigenvalue weighted by Crippen LogP contribution is -2.36. The van der Waals surface area contributed by atoms with E-state index in [9.17, 15) is 10.1 Å². The molecule has 1 aromatic heterocycles. The summed E-state index contributed by atoms with van der Waals surface area (Å²) in [6, 6.07) is 16.6. The Bertz CT molecular complexity index is 1210. The lowest BCUT2D eigenvalue weighted by Gasteiger charge is -2.14. The van der Waals surface area contributed by atoms with E-state index in [2.05, 4.69) is 27.3 Å². The van der Waals surface area contributed by atoms with Crippen molar-refractivity contribution < 1.29 is 9.53 Å². The highest BCUT2D eigenvalue weighted by molar-refractivity contribution is 5.90. The van der Waals surface area contributed by atoms with Gasteiger partial charge in [0.05, 0.1) is 17.7 Å². The smallest absolute Gasteiger partial charge is 0.319 e. The summed E-state index contributed by atoms with van der Waals surface area (Å²) in [4.78, 5) is 12.3. The monoisotopic (exact) mass is 456 g/mol. The fourth-order valence-corrected chi connectivity index (χ4v) is 5.04. The summed E-state index contributed by atoms with van der Waals surface area (Å²) >= 11 is 0. The molecule has 2 aliphatic carbocycles. The van der Waals surface area contributed by atoms with Crippen molar-refractivity contribution in [2.75, 3.05) is 11.9 Å². The zero-order valence-corrected chi connectivity index (χ0v) is 19.8. The molecule has 3 aromatic rings. The Morgan fingerprint density at radius 1 is 1.12 bits per heavy atom. The fourth-order valence-electron chi connectivity index (χ4n) is 5.04. The van der Waals surface area contributed by atoms with Gasteiger partial charge in [-0.15, -0.1) is 0 Å². The SMILES string of the molecule is CCOc1ccc2c(C#N)c(Cc3ccc(NC(=O)NC4CCCC4)cc3)n(CC3CC3)c2c1. The number of carbonyl (C=O) groups excluding carboxylic acids is 1. The van der Waals surface area contributed by atoms with Crippen molar-refractivity contribution in [2.45, 2.75) is 64.5 Å². The van der Waals surface area contributed by atoms with Crippen molar-refractivity contribution >= 4 is 22.6 Å². The molecule has 2 saturated carbocycles. The third-order valence-electron chi connectivity index (χ3n) is 6.98. The van der Waals surface area contributed by atoms with Gasteiger partial charge in [0, 0.05) is 41.8 Å². The minimum atomic E-state index is -0.138. The molecule has 0 atom stereocenters. The van der Waals surface area contributed by atoms with Gasteiger partial charge in [-0.25, -0.2) is 4.79 Å². The van der Waals surface area contributed by atoms with Gasteiger partial charge in [-0.2, -0.15) is 5.26 Å². The Labute approximate surface area is 200 Å². The summed E-state index contributed by atoms with van der Waals surface area (Å²) in [5.41, 5.74) is 4.77. The average Bonchev–Trinajstić information content (AvgIpc) is 3.43. The van der Waals surface area contributed by atoms with Gasteiger partial charge in [0.15, 0.2) is 0 Å². The van der Waals surface area contributed by atoms with Crippen LogP contribution in [0.2, 0.25) is 0 Å². The molecule has 0 aliphatic heterocycles. The van der Waals surface area contributed by atoms with E-state index in [0.717, 1.165) is 58.5 Å². The predicted molar refractivity (Wildman–Crippen MR) is 134 cm³/mol. The van der Waals surface area contributed by atoms with E-state index in [1.165, 1.54) is 25.7 Å². The van der Waals surface area contributed by atoms with Crippen LogP contribution in [0.5, 0.6) is 5.75 Å². The van der Waals surface area contributed by atoms with E-state index >= 15 is 0 Å². The van der Waals surface area contributed by atoms with E-state index in [0.29, 0.717) is 25.0 Å². The predicted octanol–water partition coefficient (Wildman–Crippen LogP) is 5.98. The molecule has 6 nitrogen and oxygen atoms in total. The zero-order valence-electron chi connectivity index (χ0n) is 19.8. The second-order valence-electron chi connectivity index (χ2n) is 9.55. The second-order valence-corrected chi connectivity index (χ2v) is 9.55. The number of amides is 2. The molecule has 0 unspecified atom stereocenters. The molecule has 0 saturated heterocycles. The maximum absolute atomic E-state index is 12.3. The van der Waals surface area contributed by atoms with Gasteiger partial charge in [-0.1, -0.05) is 25.0 Å². The second kappa shape index (κ2) is 9.80. The number of urea groups is 1. The molecule has 0 spiro atoms. The van der Waals surface area contributed by atoms with Gasteiger partial charge in [0.25, 0.3) is 0 Å². The number of fused-ring (bicyclic) bond motifs is 1. The molecule has 6 heteroatoms. The Hall–Kier alpha value is -3.46. The van der Waals surface area contributed by atoms with Crippen LogP contribution >= 0.6 is 0 Å². The molecule has 0 radical (unpaired) electrons. The summed E-state index contributed by atoms with van der Waals surface area (Å²) in [5.74, 6) is 1.52. The molecule has 1 heterocycles. The molecule has 2 fully saturated rings. The summed E-state index contributed by atoms with van der Waals surface area (Å²) in [7, 11) is 0. The largest absolute Gasteiger partial charge is 0.494 e. The Morgan fingerprint density at radius 2 is 1.88 bits per heavy atom. The first-order chi connectivity index (χ1) is 16.6. The molecule has 2 amide bonds. The summed E-state index contributed by atoms with van der Waals surface area (Å²) in [5, 5.41) is 17.0. The van der Waals surface area contributed by atoms with Crippen molar-refractivity contribution in [2.24, 2.45) is 5.92 Å². The first-order valence-corrected chi connectivity index (χ1v) is 12.5. The zero-order chi connectivity index (χ0) is 23.5. The first-order valence-electron chi connectivity index (χ1n) is 12.5. The average molecular weight is 457 g/mol. The van der Waals surface area contributed by atoms with Crippen LogP contribution in [0.15, 0.2) is 42.5 Å². The molecule has 2 aromatic carbocycles. The molecule has 2 N–H and O–H groups in total. The molecule has 5 rings (SSSR count). The third kappa shape index (κ3) is 4.89. The van der Waals surface area contributed by atoms with E-state index in [-0.39, 0.29) is 6.03 Å². The van der Waals surface area contributed by atoms with Crippen LogP contribution < -0.4 is 15.4 Å². The topological polar surface area (TPSA) is 79.1 Å². The van der Waals surface area contributed by atoms with E-state index in [1.54, 1.807) is 0 Å². The summed E-state index contributed by atoms with van der Waals surface area (Å²) in [6.07, 6.45) is 7.67. The van der Waals surface area contributed by atoms with E-state index < -0.39 is 0 Å². The number of ether oxygens (including phenoxy) is 1. The van der Waals surface area contributed by atoms with Crippen LogP contribution in [0.1, 0.15) is 62.3 Å². The van der Waals surface area contributed by atoms with Crippen LogP contribution in [0.4, 0.5) is 10.5 Å². The highest BCUT2D eigenvalue weighted by Gasteiger charge is 2.26.